The standard InChI is InChI=1S/C17H19Cl2N5O2S/c1-4-23-9-13(8-20-23)27(25,26)22-17-11(2)21-24(12(17)3)10-14-15(18)6-5-7-16(14)19/h5-9,22H,4,10H2,1-3H3. The molecule has 0 saturated heterocycles. The van der Waals surface area contributed by atoms with Gasteiger partial charge >= 0.3 is 0 Å². The van der Waals surface area contributed by atoms with Gasteiger partial charge in [-0.15, -0.1) is 0 Å². The second-order valence-corrected chi connectivity index (χ2v) is 8.54. The molecule has 0 unspecified atom stereocenters. The average molecular weight is 428 g/mol. The first-order chi connectivity index (χ1) is 12.7. The number of rotatable bonds is 6. The van der Waals surface area contributed by atoms with Crippen molar-refractivity contribution in [2.24, 2.45) is 0 Å². The molecule has 2 aromatic heterocycles. The fourth-order valence-electron chi connectivity index (χ4n) is 2.68. The normalized spacial score (nSPS) is 11.7. The number of aromatic nitrogens is 4. The lowest BCUT2D eigenvalue weighted by Crippen LogP contribution is -2.14. The van der Waals surface area contributed by atoms with Crippen LogP contribution in [0.4, 0.5) is 5.69 Å². The number of hydrogen-bond acceptors (Lipinski definition) is 4. The summed E-state index contributed by atoms with van der Waals surface area (Å²) in [6.45, 7) is 6.34. The Balaban J connectivity index is 1.92. The van der Waals surface area contributed by atoms with Gasteiger partial charge in [0.1, 0.15) is 4.90 Å². The van der Waals surface area contributed by atoms with Crippen molar-refractivity contribution < 1.29 is 8.42 Å². The van der Waals surface area contributed by atoms with Crippen molar-refractivity contribution in [1.82, 2.24) is 19.6 Å². The van der Waals surface area contributed by atoms with Crippen molar-refractivity contribution in [1.29, 1.82) is 0 Å². The molecule has 1 aromatic carbocycles. The topological polar surface area (TPSA) is 81.8 Å². The van der Waals surface area contributed by atoms with Crippen LogP contribution >= 0.6 is 23.2 Å². The molecule has 0 radical (unpaired) electrons. The predicted octanol–water partition coefficient (Wildman–Crippen LogP) is 3.87. The van der Waals surface area contributed by atoms with E-state index in [-0.39, 0.29) is 4.90 Å². The van der Waals surface area contributed by atoms with Crippen LogP contribution in [0.25, 0.3) is 0 Å². The summed E-state index contributed by atoms with van der Waals surface area (Å²) in [6.07, 6.45) is 2.81. The van der Waals surface area contributed by atoms with Crippen molar-refractivity contribution in [2.75, 3.05) is 4.72 Å². The summed E-state index contributed by atoms with van der Waals surface area (Å²) in [6, 6.07) is 5.28. The van der Waals surface area contributed by atoms with Gasteiger partial charge < -0.3 is 0 Å². The predicted molar refractivity (Wildman–Crippen MR) is 106 cm³/mol. The van der Waals surface area contributed by atoms with Crippen LogP contribution in [0.5, 0.6) is 0 Å². The van der Waals surface area contributed by atoms with E-state index >= 15 is 0 Å². The van der Waals surface area contributed by atoms with E-state index in [0.717, 1.165) is 5.56 Å². The van der Waals surface area contributed by atoms with Gasteiger partial charge in [0.25, 0.3) is 10.0 Å². The van der Waals surface area contributed by atoms with Crippen LogP contribution in [-0.4, -0.2) is 28.0 Å². The van der Waals surface area contributed by atoms with Gasteiger partial charge in [0, 0.05) is 28.4 Å². The lowest BCUT2D eigenvalue weighted by Gasteiger charge is -2.10. The van der Waals surface area contributed by atoms with Crippen LogP contribution in [0.3, 0.4) is 0 Å². The third-order valence-corrected chi connectivity index (χ3v) is 6.24. The zero-order valence-corrected chi connectivity index (χ0v) is 17.4. The van der Waals surface area contributed by atoms with E-state index < -0.39 is 10.0 Å². The van der Waals surface area contributed by atoms with Crippen LogP contribution in [0.2, 0.25) is 10.0 Å². The largest absolute Gasteiger partial charge is 0.276 e. The van der Waals surface area contributed by atoms with Crippen LogP contribution in [0, 0.1) is 13.8 Å². The number of benzene rings is 1. The monoisotopic (exact) mass is 427 g/mol. The second-order valence-electron chi connectivity index (χ2n) is 6.04. The summed E-state index contributed by atoms with van der Waals surface area (Å²) in [5.41, 5.74) is 2.38. The molecule has 0 fully saturated rings. The van der Waals surface area contributed by atoms with Gasteiger partial charge in [0.2, 0.25) is 0 Å². The third-order valence-electron chi connectivity index (χ3n) is 4.23. The Morgan fingerprint density at radius 3 is 2.44 bits per heavy atom. The molecule has 0 amide bonds. The Hall–Kier alpha value is -2.03. The number of anilines is 1. The molecule has 7 nitrogen and oxygen atoms in total. The second kappa shape index (κ2) is 7.53. The highest BCUT2D eigenvalue weighted by molar-refractivity contribution is 7.92. The van der Waals surface area contributed by atoms with Crippen LogP contribution in [0.15, 0.2) is 35.5 Å². The van der Waals surface area contributed by atoms with Gasteiger partial charge in [-0.2, -0.15) is 10.2 Å². The maximum Gasteiger partial charge on any atom is 0.265 e. The Bertz CT molecular complexity index is 1070. The number of nitrogens with one attached hydrogen (secondary N) is 1. The smallest absolute Gasteiger partial charge is 0.265 e. The fraction of sp³-hybridized carbons (Fsp3) is 0.294. The number of hydrogen-bond donors (Lipinski definition) is 1. The van der Waals surface area contributed by atoms with E-state index in [0.29, 0.717) is 40.2 Å². The lowest BCUT2D eigenvalue weighted by atomic mass is 10.2. The van der Waals surface area contributed by atoms with Gasteiger partial charge in [0.15, 0.2) is 0 Å². The van der Waals surface area contributed by atoms with Gasteiger partial charge in [-0.25, -0.2) is 8.42 Å². The molecule has 0 saturated carbocycles. The molecule has 3 aromatic rings. The first-order valence-electron chi connectivity index (χ1n) is 8.25. The van der Waals surface area contributed by atoms with E-state index in [2.05, 4.69) is 14.9 Å². The minimum absolute atomic E-state index is 0.102. The first kappa shape index (κ1) is 19.7. The average Bonchev–Trinajstić information content (AvgIpc) is 3.19. The molecular formula is C17H19Cl2N5O2S. The molecule has 144 valence electrons. The number of nitrogens with zero attached hydrogens (tertiary/aromatic N) is 4. The van der Waals surface area contributed by atoms with Crippen LogP contribution < -0.4 is 4.72 Å². The Labute approximate surface area is 168 Å². The molecule has 0 aliphatic rings. The first-order valence-corrected chi connectivity index (χ1v) is 10.5. The highest BCUT2D eigenvalue weighted by Gasteiger charge is 2.22. The van der Waals surface area contributed by atoms with Gasteiger partial charge in [-0.05, 0) is 32.9 Å². The molecule has 2 heterocycles. The SMILES string of the molecule is CCn1cc(S(=O)(=O)Nc2c(C)nn(Cc3c(Cl)cccc3Cl)c2C)cn1. The summed E-state index contributed by atoms with van der Waals surface area (Å²) in [5, 5.41) is 9.52. The third kappa shape index (κ3) is 3.97. The highest BCUT2D eigenvalue weighted by atomic mass is 35.5. The molecule has 3 rings (SSSR count). The molecule has 10 heteroatoms. The van der Waals surface area contributed by atoms with E-state index in [1.807, 2.05) is 6.92 Å². The molecule has 27 heavy (non-hydrogen) atoms. The van der Waals surface area contributed by atoms with Crippen LogP contribution in [0.1, 0.15) is 23.9 Å². The molecule has 0 spiro atoms. The van der Waals surface area contributed by atoms with Crippen molar-refractivity contribution in [3.8, 4) is 0 Å². The summed E-state index contributed by atoms with van der Waals surface area (Å²) >= 11 is 12.5. The Morgan fingerprint density at radius 1 is 1.19 bits per heavy atom. The lowest BCUT2D eigenvalue weighted by molar-refractivity contribution is 0.600. The molecule has 0 aliphatic carbocycles. The maximum absolute atomic E-state index is 12.7. The molecule has 0 bridgehead atoms. The summed E-state index contributed by atoms with van der Waals surface area (Å²) in [4.78, 5) is 0.102. The van der Waals surface area contributed by atoms with Crippen molar-refractivity contribution in [3.63, 3.8) is 0 Å². The van der Waals surface area contributed by atoms with Gasteiger partial charge in [0.05, 0.1) is 29.8 Å². The quantitative estimate of drug-likeness (QED) is 0.646. The molecular weight excluding hydrogens is 409 g/mol. The van der Waals surface area contributed by atoms with Gasteiger partial charge in [-0.1, -0.05) is 29.3 Å². The summed E-state index contributed by atoms with van der Waals surface area (Å²) in [7, 11) is -3.76. The zero-order valence-electron chi connectivity index (χ0n) is 15.1. The maximum atomic E-state index is 12.7. The van der Waals surface area contributed by atoms with E-state index in [1.165, 1.54) is 12.4 Å². The van der Waals surface area contributed by atoms with E-state index in [1.54, 1.807) is 41.4 Å². The Morgan fingerprint density at radius 2 is 1.85 bits per heavy atom. The fourth-order valence-corrected chi connectivity index (χ4v) is 4.33. The van der Waals surface area contributed by atoms with E-state index in [4.69, 9.17) is 23.2 Å². The minimum Gasteiger partial charge on any atom is -0.276 e. The minimum atomic E-state index is -3.76. The van der Waals surface area contributed by atoms with Crippen molar-refractivity contribution in [3.05, 3.63) is 57.6 Å². The Kier molecular flexibility index (Phi) is 5.50. The number of sulfonamides is 1. The summed E-state index contributed by atoms with van der Waals surface area (Å²) < 4.78 is 31.2. The molecule has 1 N–H and O–H groups in total. The van der Waals surface area contributed by atoms with Crippen molar-refractivity contribution in [2.45, 2.75) is 38.8 Å². The van der Waals surface area contributed by atoms with Crippen molar-refractivity contribution >= 4 is 38.9 Å². The zero-order chi connectivity index (χ0) is 19.8. The highest BCUT2D eigenvalue weighted by Crippen LogP contribution is 2.28. The number of halogens is 2. The van der Waals surface area contributed by atoms with Gasteiger partial charge in [-0.3, -0.25) is 14.1 Å². The number of aryl methyl sites for hydroxylation is 2. The summed E-state index contributed by atoms with van der Waals surface area (Å²) in [5.74, 6) is 0. The van der Waals surface area contributed by atoms with E-state index in [9.17, 15) is 8.42 Å². The van der Waals surface area contributed by atoms with Crippen LogP contribution in [-0.2, 0) is 23.1 Å². The molecule has 0 aliphatic heterocycles. The molecule has 0 atom stereocenters.